The molecular weight excluding hydrogens is 256 g/mol. The predicted octanol–water partition coefficient (Wildman–Crippen LogP) is 3.83. The lowest BCUT2D eigenvalue weighted by molar-refractivity contribution is 0.118. The van der Waals surface area contributed by atoms with Crippen LogP contribution in [-0.2, 0) is 11.3 Å². The van der Waals surface area contributed by atoms with Crippen molar-refractivity contribution in [2.45, 2.75) is 20.0 Å². The van der Waals surface area contributed by atoms with E-state index in [1.54, 1.807) is 11.3 Å². The topological polar surface area (TPSA) is 35.0 Å². The van der Waals surface area contributed by atoms with Gasteiger partial charge < -0.3 is 4.74 Å². The Labute approximate surface area is 109 Å². The first-order chi connectivity index (χ1) is 8.16. The van der Waals surface area contributed by atoms with Crippen molar-refractivity contribution < 1.29 is 4.74 Å². The maximum atomic E-state index is 6.05. The maximum absolute atomic E-state index is 6.05. The Morgan fingerprint density at radius 2 is 2.35 bits per heavy atom. The number of thiophene rings is 1. The van der Waals surface area contributed by atoms with E-state index in [1.165, 1.54) is 0 Å². The summed E-state index contributed by atoms with van der Waals surface area (Å²) in [7, 11) is 0. The number of fused-ring (bicyclic) bond motifs is 1. The molecule has 0 bridgehead atoms. The zero-order chi connectivity index (χ0) is 12.3. The number of hydrogen-bond donors (Lipinski definition) is 0. The molecule has 2 rings (SSSR count). The second kappa shape index (κ2) is 5.58. The summed E-state index contributed by atoms with van der Waals surface area (Å²) in [6, 6.07) is 1.92. The van der Waals surface area contributed by atoms with E-state index >= 15 is 0 Å². The third-order valence-electron chi connectivity index (χ3n) is 2.23. The van der Waals surface area contributed by atoms with Gasteiger partial charge in [0.1, 0.15) is 16.6 Å². The number of rotatable bonds is 5. The highest BCUT2D eigenvalue weighted by Crippen LogP contribution is 2.24. The predicted molar refractivity (Wildman–Crippen MR) is 71.5 cm³/mol. The van der Waals surface area contributed by atoms with E-state index in [0.29, 0.717) is 24.2 Å². The number of aromatic nitrogens is 2. The molecule has 90 valence electrons. The Balaban J connectivity index is 2.01. The molecule has 0 fully saturated rings. The molecule has 5 heteroatoms. The van der Waals surface area contributed by atoms with Crippen LogP contribution >= 0.6 is 22.9 Å². The highest BCUT2D eigenvalue weighted by Gasteiger charge is 2.06. The molecule has 3 nitrogen and oxygen atoms in total. The Morgan fingerprint density at radius 1 is 1.53 bits per heavy atom. The van der Waals surface area contributed by atoms with Crippen LogP contribution in [0.25, 0.3) is 10.2 Å². The summed E-state index contributed by atoms with van der Waals surface area (Å²) in [5.41, 5.74) is 1.11. The van der Waals surface area contributed by atoms with Crippen molar-refractivity contribution in [1.82, 2.24) is 9.97 Å². The molecule has 0 aliphatic carbocycles. The fourth-order valence-corrected chi connectivity index (χ4v) is 2.42. The van der Waals surface area contributed by atoms with Gasteiger partial charge in [-0.15, -0.1) is 17.9 Å². The normalized spacial score (nSPS) is 10.9. The lowest BCUT2D eigenvalue weighted by Gasteiger charge is -2.03. The van der Waals surface area contributed by atoms with Gasteiger partial charge in [-0.3, -0.25) is 0 Å². The van der Waals surface area contributed by atoms with Crippen molar-refractivity contribution in [1.29, 1.82) is 0 Å². The fourth-order valence-electron chi connectivity index (χ4n) is 1.34. The van der Waals surface area contributed by atoms with Gasteiger partial charge in [-0.2, -0.15) is 0 Å². The average molecular weight is 269 g/mol. The minimum Gasteiger partial charge on any atom is -0.373 e. The summed E-state index contributed by atoms with van der Waals surface area (Å²) >= 11 is 7.61. The summed E-state index contributed by atoms with van der Waals surface area (Å²) in [5.74, 6) is 0.631. The van der Waals surface area contributed by atoms with E-state index < -0.39 is 0 Å². The molecule has 0 saturated heterocycles. The molecule has 2 aromatic rings. The van der Waals surface area contributed by atoms with E-state index in [0.717, 1.165) is 22.2 Å². The SMILES string of the molecule is C=C(C)CCOCc1nc(Cl)c2ccsc2n1. The first-order valence-electron chi connectivity index (χ1n) is 5.28. The van der Waals surface area contributed by atoms with Gasteiger partial charge in [0.15, 0.2) is 5.82 Å². The van der Waals surface area contributed by atoms with E-state index in [-0.39, 0.29) is 0 Å². The number of halogens is 1. The molecule has 0 unspecified atom stereocenters. The molecule has 0 aliphatic rings. The quantitative estimate of drug-likeness (QED) is 0.470. The van der Waals surface area contributed by atoms with E-state index in [4.69, 9.17) is 16.3 Å². The standard InChI is InChI=1S/C12H13ClN2OS/c1-8(2)3-5-16-7-10-14-11(13)9-4-6-17-12(9)15-10/h4,6H,1,3,5,7H2,2H3. The lowest BCUT2D eigenvalue weighted by Crippen LogP contribution is -2.01. The van der Waals surface area contributed by atoms with Crippen LogP contribution in [0.1, 0.15) is 19.2 Å². The summed E-state index contributed by atoms with van der Waals surface area (Å²) in [4.78, 5) is 9.50. The third-order valence-corrected chi connectivity index (χ3v) is 3.32. The molecule has 0 saturated carbocycles. The van der Waals surface area contributed by atoms with Crippen LogP contribution in [0.2, 0.25) is 5.15 Å². The molecule has 2 heterocycles. The van der Waals surface area contributed by atoms with Crippen LogP contribution in [-0.4, -0.2) is 16.6 Å². The molecule has 0 amide bonds. The average Bonchev–Trinajstić information content (AvgIpc) is 2.72. The second-order valence-corrected chi connectivity index (χ2v) is 5.08. The molecule has 0 radical (unpaired) electrons. The monoisotopic (exact) mass is 268 g/mol. The van der Waals surface area contributed by atoms with Crippen molar-refractivity contribution in [2.24, 2.45) is 0 Å². The Hall–Kier alpha value is -0.970. The summed E-state index contributed by atoms with van der Waals surface area (Å²) in [5, 5.41) is 3.36. The molecule has 0 spiro atoms. The van der Waals surface area contributed by atoms with Gasteiger partial charge in [0.2, 0.25) is 0 Å². The van der Waals surface area contributed by atoms with Crippen LogP contribution in [0.15, 0.2) is 23.6 Å². The van der Waals surface area contributed by atoms with Gasteiger partial charge in [-0.1, -0.05) is 17.2 Å². The van der Waals surface area contributed by atoms with Crippen molar-refractivity contribution >= 4 is 33.2 Å². The van der Waals surface area contributed by atoms with Gasteiger partial charge in [0.05, 0.1) is 6.61 Å². The summed E-state index contributed by atoms with van der Waals surface area (Å²) < 4.78 is 5.47. The zero-order valence-corrected chi connectivity index (χ0v) is 11.1. The molecule has 0 N–H and O–H groups in total. The molecular formula is C12H13ClN2OS. The fraction of sp³-hybridized carbons (Fsp3) is 0.333. The van der Waals surface area contributed by atoms with E-state index in [9.17, 15) is 0 Å². The zero-order valence-electron chi connectivity index (χ0n) is 9.57. The van der Waals surface area contributed by atoms with Crippen LogP contribution in [0.3, 0.4) is 0 Å². The minimum atomic E-state index is 0.390. The summed E-state index contributed by atoms with van der Waals surface area (Å²) in [6.07, 6.45) is 0.856. The highest BCUT2D eigenvalue weighted by molar-refractivity contribution is 7.16. The first-order valence-corrected chi connectivity index (χ1v) is 6.54. The van der Waals surface area contributed by atoms with Crippen LogP contribution < -0.4 is 0 Å². The van der Waals surface area contributed by atoms with Crippen LogP contribution in [0.4, 0.5) is 0 Å². The Bertz CT molecular complexity index is 538. The first kappa shape index (κ1) is 12.5. The van der Waals surface area contributed by atoms with E-state index in [2.05, 4.69) is 16.5 Å². The minimum absolute atomic E-state index is 0.390. The largest absolute Gasteiger partial charge is 0.373 e. The van der Waals surface area contributed by atoms with Gasteiger partial charge in [-0.05, 0) is 24.8 Å². The molecule has 0 atom stereocenters. The van der Waals surface area contributed by atoms with Crippen molar-refractivity contribution in [3.05, 3.63) is 34.6 Å². The van der Waals surface area contributed by atoms with Crippen LogP contribution in [0.5, 0.6) is 0 Å². The lowest BCUT2D eigenvalue weighted by atomic mass is 10.3. The van der Waals surface area contributed by atoms with Crippen molar-refractivity contribution in [3.63, 3.8) is 0 Å². The summed E-state index contributed by atoms with van der Waals surface area (Å²) in [6.45, 7) is 6.83. The number of nitrogens with zero attached hydrogens (tertiary/aromatic N) is 2. The Morgan fingerprint density at radius 3 is 3.12 bits per heavy atom. The van der Waals surface area contributed by atoms with Gasteiger partial charge in [-0.25, -0.2) is 9.97 Å². The highest BCUT2D eigenvalue weighted by atomic mass is 35.5. The van der Waals surface area contributed by atoms with Crippen LogP contribution in [0, 0.1) is 0 Å². The third kappa shape index (κ3) is 3.25. The molecule has 17 heavy (non-hydrogen) atoms. The molecule has 2 aromatic heterocycles. The van der Waals surface area contributed by atoms with Gasteiger partial charge in [0.25, 0.3) is 0 Å². The van der Waals surface area contributed by atoms with Gasteiger partial charge >= 0.3 is 0 Å². The smallest absolute Gasteiger partial charge is 0.157 e. The second-order valence-electron chi connectivity index (χ2n) is 3.83. The molecule has 0 aromatic carbocycles. The number of hydrogen-bond acceptors (Lipinski definition) is 4. The van der Waals surface area contributed by atoms with E-state index in [1.807, 2.05) is 18.4 Å². The maximum Gasteiger partial charge on any atom is 0.157 e. The Kier molecular flexibility index (Phi) is 4.10. The molecule has 0 aliphatic heterocycles. The number of ether oxygens (including phenoxy) is 1. The van der Waals surface area contributed by atoms with Crippen molar-refractivity contribution in [3.8, 4) is 0 Å². The van der Waals surface area contributed by atoms with Crippen molar-refractivity contribution in [2.75, 3.05) is 6.61 Å². The van der Waals surface area contributed by atoms with Gasteiger partial charge in [0, 0.05) is 5.39 Å².